The van der Waals surface area contributed by atoms with Gasteiger partial charge < -0.3 is 4.90 Å². The first kappa shape index (κ1) is 15.9. The van der Waals surface area contributed by atoms with Crippen LogP contribution in [0.15, 0.2) is 18.2 Å². The average molecular weight is 317 g/mol. The predicted molar refractivity (Wildman–Crippen MR) is 87.6 cm³/mol. The number of likely N-dealkylation sites (tertiary alicyclic amines) is 2. The van der Waals surface area contributed by atoms with Gasteiger partial charge in [0.05, 0.1) is 4.92 Å². The van der Waals surface area contributed by atoms with Crippen LogP contribution in [0.3, 0.4) is 0 Å². The van der Waals surface area contributed by atoms with Crippen molar-refractivity contribution in [2.45, 2.75) is 38.6 Å². The van der Waals surface area contributed by atoms with Crippen LogP contribution in [0.5, 0.6) is 0 Å². The maximum atomic E-state index is 12.7. The Balaban J connectivity index is 1.72. The zero-order chi connectivity index (χ0) is 16.4. The fourth-order valence-electron chi connectivity index (χ4n) is 3.72. The van der Waals surface area contributed by atoms with Gasteiger partial charge in [-0.2, -0.15) is 0 Å². The van der Waals surface area contributed by atoms with Crippen molar-refractivity contribution in [1.82, 2.24) is 9.80 Å². The second kappa shape index (κ2) is 6.66. The lowest BCUT2D eigenvalue weighted by Gasteiger charge is -2.37. The number of nitro benzene ring substituents is 1. The number of carbonyl (C=O) groups is 1. The lowest BCUT2D eigenvalue weighted by Crippen LogP contribution is -2.49. The highest BCUT2D eigenvalue weighted by Crippen LogP contribution is 2.23. The van der Waals surface area contributed by atoms with Crippen molar-refractivity contribution >= 4 is 11.6 Å². The van der Waals surface area contributed by atoms with Crippen molar-refractivity contribution in [2.75, 3.05) is 26.2 Å². The zero-order valence-corrected chi connectivity index (χ0v) is 13.5. The number of hydrogen-bond donors (Lipinski definition) is 0. The molecule has 0 radical (unpaired) electrons. The molecule has 0 aromatic heterocycles. The fraction of sp³-hybridized carbons (Fsp3) is 0.588. The van der Waals surface area contributed by atoms with Gasteiger partial charge in [0, 0.05) is 36.3 Å². The molecule has 6 nitrogen and oxygen atoms in total. The minimum absolute atomic E-state index is 0.00750. The first-order valence-corrected chi connectivity index (χ1v) is 8.34. The number of hydrogen-bond acceptors (Lipinski definition) is 4. The quantitative estimate of drug-likeness (QED) is 0.635. The molecule has 0 bridgehead atoms. The van der Waals surface area contributed by atoms with Crippen LogP contribution < -0.4 is 0 Å². The highest BCUT2D eigenvalue weighted by Gasteiger charge is 2.30. The van der Waals surface area contributed by atoms with E-state index in [1.54, 1.807) is 19.1 Å². The molecular formula is C17H23N3O3. The lowest BCUT2D eigenvalue weighted by molar-refractivity contribution is -0.385. The van der Waals surface area contributed by atoms with E-state index in [2.05, 4.69) is 4.90 Å². The van der Waals surface area contributed by atoms with E-state index in [4.69, 9.17) is 0 Å². The van der Waals surface area contributed by atoms with E-state index < -0.39 is 4.92 Å². The lowest BCUT2D eigenvalue weighted by atomic mass is 10.0. The number of benzene rings is 1. The monoisotopic (exact) mass is 317 g/mol. The second-order valence-electron chi connectivity index (χ2n) is 6.55. The number of piperidine rings is 1. The Kier molecular flexibility index (Phi) is 4.61. The maximum absolute atomic E-state index is 12.7. The molecule has 0 aliphatic carbocycles. The number of rotatable bonds is 3. The molecule has 124 valence electrons. The average Bonchev–Trinajstić information content (AvgIpc) is 3.08. The minimum Gasteiger partial charge on any atom is -0.337 e. The molecule has 2 aliphatic rings. The highest BCUT2D eigenvalue weighted by atomic mass is 16.6. The van der Waals surface area contributed by atoms with Gasteiger partial charge in [0.15, 0.2) is 0 Å². The smallest absolute Gasteiger partial charge is 0.272 e. The SMILES string of the molecule is Cc1cc(C(=O)N2CCC[C@H](N3CCCC3)C2)ccc1[N+](=O)[O-]. The Morgan fingerprint density at radius 1 is 1.22 bits per heavy atom. The summed E-state index contributed by atoms with van der Waals surface area (Å²) < 4.78 is 0. The maximum Gasteiger partial charge on any atom is 0.272 e. The number of carbonyl (C=O) groups excluding carboxylic acids is 1. The van der Waals surface area contributed by atoms with Gasteiger partial charge in [0.2, 0.25) is 0 Å². The third-order valence-corrected chi connectivity index (χ3v) is 4.98. The molecule has 3 rings (SSSR count). The topological polar surface area (TPSA) is 66.7 Å². The normalized spacial score (nSPS) is 22.3. The molecule has 1 aromatic rings. The van der Waals surface area contributed by atoms with Crippen LogP contribution in [0, 0.1) is 17.0 Å². The van der Waals surface area contributed by atoms with Crippen molar-refractivity contribution < 1.29 is 9.72 Å². The first-order chi connectivity index (χ1) is 11.1. The molecule has 0 saturated carbocycles. The predicted octanol–water partition coefficient (Wildman–Crippen LogP) is 2.60. The highest BCUT2D eigenvalue weighted by molar-refractivity contribution is 5.94. The van der Waals surface area contributed by atoms with Crippen LogP contribution in [-0.2, 0) is 0 Å². The third kappa shape index (κ3) is 3.37. The number of amides is 1. The van der Waals surface area contributed by atoms with Crippen molar-refractivity contribution in [2.24, 2.45) is 0 Å². The molecule has 0 N–H and O–H groups in total. The summed E-state index contributed by atoms with van der Waals surface area (Å²) in [6.45, 7) is 5.51. The molecule has 1 aromatic carbocycles. The molecular weight excluding hydrogens is 294 g/mol. The van der Waals surface area contributed by atoms with Gasteiger partial charge in [-0.15, -0.1) is 0 Å². The van der Waals surface area contributed by atoms with E-state index in [1.165, 1.54) is 18.9 Å². The summed E-state index contributed by atoms with van der Waals surface area (Å²) >= 11 is 0. The molecule has 2 aliphatic heterocycles. The molecule has 1 amide bonds. The molecule has 6 heteroatoms. The summed E-state index contributed by atoms with van der Waals surface area (Å²) in [5.74, 6) is -0.00750. The van der Waals surface area contributed by atoms with Gasteiger partial charge >= 0.3 is 0 Å². The Morgan fingerprint density at radius 3 is 2.61 bits per heavy atom. The van der Waals surface area contributed by atoms with Crippen molar-refractivity contribution in [3.8, 4) is 0 Å². The second-order valence-corrected chi connectivity index (χ2v) is 6.55. The molecule has 2 saturated heterocycles. The van der Waals surface area contributed by atoms with E-state index in [9.17, 15) is 14.9 Å². The number of nitrogens with zero attached hydrogens (tertiary/aromatic N) is 3. The van der Waals surface area contributed by atoms with Crippen LogP contribution in [0.25, 0.3) is 0 Å². The minimum atomic E-state index is -0.409. The van der Waals surface area contributed by atoms with Crippen molar-refractivity contribution in [3.63, 3.8) is 0 Å². The van der Waals surface area contributed by atoms with Crippen LogP contribution in [0.2, 0.25) is 0 Å². The summed E-state index contributed by atoms with van der Waals surface area (Å²) in [6.07, 6.45) is 4.69. The standard InChI is InChI=1S/C17H23N3O3/c1-13-11-14(6-7-16(13)20(22)23)17(21)19-10-4-5-15(12-19)18-8-2-3-9-18/h6-7,11,15H,2-5,8-10,12H2,1H3/t15-/m0/s1. The largest absolute Gasteiger partial charge is 0.337 e. The molecule has 2 heterocycles. The van der Waals surface area contributed by atoms with Crippen molar-refractivity contribution in [3.05, 3.63) is 39.4 Å². The van der Waals surface area contributed by atoms with Gasteiger partial charge in [0.25, 0.3) is 11.6 Å². The van der Waals surface area contributed by atoms with E-state index in [0.29, 0.717) is 17.2 Å². The Bertz CT molecular complexity index is 611. The number of nitro groups is 1. The van der Waals surface area contributed by atoms with Gasteiger partial charge in [-0.05, 0) is 57.8 Å². The van der Waals surface area contributed by atoms with E-state index in [-0.39, 0.29) is 11.6 Å². The van der Waals surface area contributed by atoms with E-state index in [0.717, 1.165) is 39.0 Å². The van der Waals surface area contributed by atoms with Gasteiger partial charge in [0.1, 0.15) is 0 Å². The zero-order valence-electron chi connectivity index (χ0n) is 13.5. The van der Waals surface area contributed by atoms with Crippen molar-refractivity contribution in [1.29, 1.82) is 0 Å². The van der Waals surface area contributed by atoms with Gasteiger partial charge in [-0.3, -0.25) is 19.8 Å². The summed E-state index contributed by atoms with van der Waals surface area (Å²) in [5, 5.41) is 10.9. The Morgan fingerprint density at radius 2 is 1.96 bits per heavy atom. The van der Waals surface area contributed by atoms with E-state index >= 15 is 0 Å². The molecule has 23 heavy (non-hydrogen) atoms. The van der Waals surface area contributed by atoms with Crippen LogP contribution >= 0.6 is 0 Å². The van der Waals surface area contributed by atoms with Crippen LogP contribution in [0.4, 0.5) is 5.69 Å². The van der Waals surface area contributed by atoms with Crippen LogP contribution in [-0.4, -0.2) is 52.9 Å². The number of aryl methyl sites for hydroxylation is 1. The summed E-state index contributed by atoms with van der Waals surface area (Å²) in [4.78, 5) is 27.6. The van der Waals surface area contributed by atoms with E-state index in [1.807, 2.05) is 4.90 Å². The van der Waals surface area contributed by atoms with Gasteiger partial charge in [-0.1, -0.05) is 0 Å². The molecule has 0 unspecified atom stereocenters. The third-order valence-electron chi connectivity index (χ3n) is 4.98. The summed E-state index contributed by atoms with van der Waals surface area (Å²) in [6, 6.07) is 5.12. The summed E-state index contributed by atoms with van der Waals surface area (Å²) in [7, 11) is 0. The molecule has 1 atom stereocenters. The van der Waals surface area contributed by atoms with Crippen LogP contribution in [0.1, 0.15) is 41.6 Å². The Labute approximate surface area is 136 Å². The first-order valence-electron chi connectivity index (χ1n) is 8.34. The molecule has 0 spiro atoms. The van der Waals surface area contributed by atoms with Gasteiger partial charge in [-0.25, -0.2) is 0 Å². The Hall–Kier alpha value is -1.95. The molecule has 2 fully saturated rings. The fourth-order valence-corrected chi connectivity index (χ4v) is 3.72. The summed E-state index contributed by atoms with van der Waals surface area (Å²) in [5.41, 5.74) is 1.15.